The van der Waals surface area contributed by atoms with Gasteiger partial charge < -0.3 is 9.84 Å². The lowest BCUT2D eigenvalue weighted by molar-refractivity contribution is -0.144. The molecule has 1 unspecified atom stereocenters. The Kier molecular flexibility index (Phi) is 5.55. The molecule has 1 aromatic carbocycles. The summed E-state index contributed by atoms with van der Waals surface area (Å²) in [6.45, 7) is 2.82. The number of nitrogens with one attached hydrogen (secondary N) is 1. The van der Waals surface area contributed by atoms with Crippen LogP contribution in [0.4, 0.5) is 0 Å². The zero-order valence-electron chi connectivity index (χ0n) is 12.5. The molecule has 1 heterocycles. The van der Waals surface area contributed by atoms with Crippen molar-refractivity contribution in [2.24, 2.45) is 11.8 Å². The summed E-state index contributed by atoms with van der Waals surface area (Å²) < 4.78 is 32.1. The molecule has 0 aliphatic carbocycles. The van der Waals surface area contributed by atoms with Crippen molar-refractivity contribution < 1.29 is 23.1 Å². The predicted molar refractivity (Wildman–Crippen MR) is 81.0 cm³/mol. The summed E-state index contributed by atoms with van der Waals surface area (Å²) in [4.78, 5) is 11.6. The Balaban J connectivity index is 2.04. The summed E-state index contributed by atoms with van der Waals surface area (Å²) in [5.74, 6) is -1.77. The molecule has 2 rings (SSSR count). The van der Waals surface area contributed by atoms with Crippen LogP contribution in [0.1, 0.15) is 18.4 Å². The number of carbonyl (C=O) groups is 1. The van der Waals surface area contributed by atoms with Crippen LogP contribution in [0.2, 0.25) is 0 Å². The number of benzene rings is 1. The third-order valence-corrected chi connectivity index (χ3v) is 5.42. The van der Waals surface area contributed by atoms with Crippen LogP contribution in [0, 0.1) is 18.8 Å². The van der Waals surface area contributed by atoms with E-state index >= 15 is 0 Å². The summed E-state index contributed by atoms with van der Waals surface area (Å²) >= 11 is 0. The first-order valence-electron chi connectivity index (χ1n) is 7.27. The Labute approximate surface area is 130 Å². The van der Waals surface area contributed by atoms with Crippen LogP contribution in [0.25, 0.3) is 0 Å². The van der Waals surface area contributed by atoms with Gasteiger partial charge in [-0.2, -0.15) is 0 Å². The van der Waals surface area contributed by atoms with E-state index in [0.29, 0.717) is 26.1 Å². The van der Waals surface area contributed by atoms with Crippen molar-refractivity contribution in [3.05, 3.63) is 29.8 Å². The molecule has 1 aliphatic rings. The molecule has 0 saturated carbocycles. The first kappa shape index (κ1) is 16.9. The molecule has 1 aromatic rings. The Morgan fingerprint density at radius 2 is 1.91 bits per heavy atom. The van der Waals surface area contributed by atoms with Gasteiger partial charge in [0.25, 0.3) is 0 Å². The predicted octanol–water partition coefficient (Wildman–Crippen LogP) is 1.40. The van der Waals surface area contributed by atoms with Gasteiger partial charge >= 0.3 is 5.97 Å². The van der Waals surface area contributed by atoms with Crippen LogP contribution < -0.4 is 4.72 Å². The fraction of sp³-hybridized carbons (Fsp3) is 0.533. The number of carboxylic acid groups (broad SMARTS) is 1. The van der Waals surface area contributed by atoms with Crippen molar-refractivity contribution in [1.82, 2.24) is 4.72 Å². The Morgan fingerprint density at radius 1 is 1.32 bits per heavy atom. The molecule has 6 nitrogen and oxygen atoms in total. The van der Waals surface area contributed by atoms with Gasteiger partial charge in [0.2, 0.25) is 10.0 Å². The molecule has 1 fully saturated rings. The van der Waals surface area contributed by atoms with Gasteiger partial charge in [0.05, 0.1) is 10.8 Å². The average molecular weight is 327 g/mol. The van der Waals surface area contributed by atoms with Gasteiger partial charge in [-0.1, -0.05) is 17.7 Å². The van der Waals surface area contributed by atoms with Gasteiger partial charge in [-0.25, -0.2) is 13.1 Å². The minimum atomic E-state index is -3.69. The van der Waals surface area contributed by atoms with E-state index in [1.807, 2.05) is 6.92 Å². The Morgan fingerprint density at radius 3 is 2.45 bits per heavy atom. The highest BCUT2D eigenvalue weighted by atomic mass is 32.2. The summed E-state index contributed by atoms with van der Waals surface area (Å²) in [6, 6.07) is 6.45. The van der Waals surface area contributed by atoms with Crippen molar-refractivity contribution in [2.75, 3.05) is 19.8 Å². The lowest BCUT2D eigenvalue weighted by atomic mass is 9.86. The standard InChI is InChI=1S/C15H21NO5S/c1-11-2-4-13(5-3-11)22(19,20)16-10-14(15(17)18)12-6-8-21-9-7-12/h2-5,12,14,16H,6-10H2,1H3,(H,17,18). The van der Waals surface area contributed by atoms with Gasteiger partial charge in [-0.3, -0.25) is 4.79 Å². The maximum Gasteiger partial charge on any atom is 0.308 e. The van der Waals surface area contributed by atoms with Gasteiger partial charge in [-0.15, -0.1) is 0 Å². The van der Waals surface area contributed by atoms with Crippen molar-refractivity contribution in [3.8, 4) is 0 Å². The van der Waals surface area contributed by atoms with Gasteiger partial charge in [-0.05, 0) is 37.8 Å². The highest BCUT2D eigenvalue weighted by Gasteiger charge is 2.31. The molecule has 0 radical (unpaired) electrons. The molecule has 0 spiro atoms. The third-order valence-electron chi connectivity index (χ3n) is 3.98. The second-order valence-corrected chi connectivity index (χ2v) is 7.33. The van der Waals surface area contributed by atoms with Gasteiger partial charge in [0, 0.05) is 19.8 Å². The molecular formula is C15H21NO5S. The molecule has 1 atom stereocenters. The minimum absolute atomic E-state index is 0.0630. The quantitative estimate of drug-likeness (QED) is 0.824. The van der Waals surface area contributed by atoms with Crippen LogP contribution >= 0.6 is 0 Å². The SMILES string of the molecule is Cc1ccc(S(=O)(=O)NCC(C(=O)O)C2CCOCC2)cc1. The number of carboxylic acids is 1. The molecular weight excluding hydrogens is 306 g/mol. The summed E-state index contributed by atoms with van der Waals surface area (Å²) in [5.41, 5.74) is 0.963. The van der Waals surface area contributed by atoms with E-state index in [4.69, 9.17) is 4.74 Å². The van der Waals surface area contributed by atoms with E-state index < -0.39 is 21.9 Å². The minimum Gasteiger partial charge on any atom is -0.481 e. The van der Waals surface area contributed by atoms with Crippen LogP contribution in [0.3, 0.4) is 0 Å². The number of hydrogen-bond acceptors (Lipinski definition) is 4. The highest BCUT2D eigenvalue weighted by Crippen LogP contribution is 2.24. The number of aliphatic carboxylic acids is 1. The zero-order chi connectivity index (χ0) is 16.2. The van der Waals surface area contributed by atoms with E-state index in [-0.39, 0.29) is 17.4 Å². The van der Waals surface area contributed by atoms with Crippen LogP contribution in [-0.2, 0) is 19.6 Å². The van der Waals surface area contributed by atoms with Crippen molar-refractivity contribution in [3.63, 3.8) is 0 Å². The summed E-state index contributed by atoms with van der Waals surface area (Å²) in [5, 5.41) is 9.35. The Bertz CT molecular complexity index is 605. The van der Waals surface area contributed by atoms with Gasteiger partial charge in [0.15, 0.2) is 0 Å². The van der Waals surface area contributed by atoms with Crippen molar-refractivity contribution >= 4 is 16.0 Å². The zero-order valence-corrected chi connectivity index (χ0v) is 13.3. The van der Waals surface area contributed by atoms with Crippen molar-refractivity contribution in [2.45, 2.75) is 24.7 Å². The molecule has 1 saturated heterocycles. The van der Waals surface area contributed by atoms with Crippen LogP contribution in [0.5, 0.6) is 0 Å². The highest BCUT2D eigenvalue weighted by molar-refractivity contribution is 7.89. The topological polar surface area (TPSA) is 92.7 Å². The van der Waals surface area contributed by atoms with Crippen LogP contribution in [-0.4, -0.2) is 39.3 Å². The normalized spacial score (nSPS) is 18.0. The van der Waals surface area contributed by atoms with Crippen molar-refractivity contribution in [1.29, 1.82) is 0 Å². The number of rotatable bonds is 6. The largest absolute Gasteiger partial charge is 0.481 e. The van der Waals surface area contributed by atoms with Crippen LogP contribution in [0.15, 0.2) is 29.2 Å². The molecule has 1 aliphatic heterocycles. The van der Waals surface area contributed by atoms with E-state index in [2.05, 4.69) is 4.72 Å². The van der Waals surface area contributed by atoms with Gasteiger partial charge in [0.1, 0.15) is 0 Å². The number of hydrogen-bond donors (Lipinski definition) is 2. The second kappa shape index (κ2) is 7.21. The Hall–Kier alpha value is -1.44. The fourth-order valence-corrected chi connectivity index (χ4v) is 3.63. The number of ether oxygens (including phenoxy) is 1. The summed E-state index contributed by atoms with van der Waals surface area (Å²) in [7, 11) is -3.69. The second-order valence-electron chi connectivity index (χ2n) is 5.56. The maximum absolute atomic E-state index is 12.2. The third kappa shape index (κ3) is 4.28. The van der Waals surface area contributed by atoms with E-state index in [9.17, 15) is 18.3 Å². The monoisotopic (exact) mass is 327 g/mol. The first-order valence-corrected chi connectivity index (χ1v) is 8.75. The molecule has 0 bridgehead atoms. The number of sulfonamides is 1. The van der Waals surface area contributed by atoms with E-state index in [1.165, 1.54) is 12.1 Å². The summed E-state index contributed by atoms with van der Waals surface area (Å²) in [6.07, 6.45) is 1.28. The first-order chi connectivity index (χ1) is 10.4. The molecule has 7 heteroatoms. The smallest absolute Gasteiger partial charge is 0.308 e. The lowest BCUT2D eigenvalue weighted by Gasteiger charge is -2.27. The molecule has 0 amide bonds. The van der Waals surface area contributed by atoms with E-state index in [1.54, 1.807) is 12.1 Å². The number of aryl methyl sites for hydroxylation is 1. The molecule has 22 heavy (non-hydrogen) atoms. The molecule has 122 valence electrons. The maximum atomic E-state index is 12.2. The molecule has 2 N–H and O–H groups in total. The van der Waals surface area contributed by atoms with E-state index in [0.717, 1.165) is 5.56 Å². The lowest BCUT2D eigenvalue weighted by Crippen LogP contribution is -2.38. The fourth-order valence-electron chi connectivity index (χ4n) is 2.57. The average Bonchev–Trinajstić information content (AvgIpc) is 2.48. The molecule has 0 aromatic heterocycles.